The second-order valence-electron chi connectivity index (χ2n) is 8.88. The fraction of sp³-hybridized carbons (Fsp3) is 0.478. The number of aliphatic hydroxyl groups excluding tert-OH is 1. The predicted octanol–water partition coefficient (Wildman–Crippen LogP) is 1.83. The summed E-state index contributed by atoms with van der Waals surface area (Å²) in [7, 11) is 0. The van der Waals surface area contributed by atoms with Crippen LogP contribution in [0.3, 0.4) is 0 Å². The number of hydrogen-bond acceptors (Lipinski definition) is 10. The highest BCUT2D eigenvalue weighted by atomic mass is 32.1. The molecular formula is C23H26F3N7O3S. The van der Waals surface area contributed by atoms with Crippen molar-refractivity contribution in [2.24, 2.45) is 0 Å². The maximum atomic E-state index is 14.0. The number of aliphatic hydroxyl groups is 1. The van der Waals surface area contributed by atoms with Crippen LogP contribution in [-0.4, -0.2) is 94.9 Å². The summed E-state index contributed by atoms with van der Waals surface area (Å²) < 4.78 is 48.0. The van der Waals surface area contributed by atoms with Gasteiger partial charge in [0.05, 0.1) is 34.7 Å². The van der Waals surface area contributed by atoms with Crippen molar-refractivity contribution in [1.29, 1.82) is 0 Å². The molecule has 0 unspecified atom stereocenters. The number of carbonyl (C=O) groups excluding carboxylic acids is 1. The molecule has 5 rings (SSSR count). The van der Waals surface area contributed by atoms with Crippen molar-refractivity contribution in [1.82, 2.24) is 24.8 Å². The lowest BCUT2D eigenvalue weighted by Crippen LogP contribution is -2.49. The lowest BCUT2D eigenvalue weighted by atomic mass is 10.1. The molecule has 0 aliphatic carbocycles. The van der Waals surface area contributed by atoms with Gasteiger partial charge in [0.25, 0.3) is 0 Å². The summed E-state index contributed by atoms with van der Waals surface area (Å²) in [5.41, 5.74) is 6.19. The fourth-order valence-electron chi connectivity index (χ4n) is 4.54. The molecule has 2 aliphatic heterocycles. The SMILES string of the molecule is Nc1cc(C(F)(F)F)c(-c2nc(N3CCOCC3)nc3c(CN4CCN(C(=O)CO)CC4)csc23)cn1. The summed E-state index contributed by atoms with van der Waals surface area (Å²) in [6.07, 6.45) is -3.52. The molecular weight excluding hydrogens is 511 g/mol. The van der Waals surface area contributed by atoms with E-state index in [0.717, 1.165) is 17.8 Å². The number of fused-ring (bicyclic) bond motifs is 1. The Bertz CT molecular complexity index is 1290. The normalized spacial score (nSPS) is 17.5. The maximum absolute atomic E-state index is 14.0. The summed E-state index contributed by atoms with van der Waals surface area (Å²) in [4.78, 5) is 30.8. The van der Waals surface area contributed by atoms with E-state index in [4.69, 9.17) is 20.6 Å². The van der Waals surface area contributed by atoms with Crippen LogP contribution in [0.1, 0.15) is 11.1 Å². The number of carbonyl (C=O) groups is 1. The van der Waals surface area contributed by atoms with Crippen LogP contribution in [0.25, 0.3) is 21.5 Å². The number of rotatable bonds is 5. The second kappa shape index (κ2) is 10.4. The van der Waals surface area contributed by atoms with Gasteiger partial charge in [-0.1, -0.05) is 0 Å². The Labute approximate surface area is 214 Å². The summed E-state index contributed by atoms with van der Waals surface area (Å²) >= 11 is 1.29. The molecule has 2 saturated heterocycles. The van der Waals surface area contributed by atoms with E-state index in [1.54, 1.807) is 4.90 Å². The predicted molar refractivity (Wildman–Crippen MR) is 132 cm³/mol. The van der Waals surface area contributed by atoms with Crippen LogP contribution in [0.15, 0.2) is 17.6 Å². The van der Waals surface area contributed by atoms with Gasteiger partial charge in [-0.15, -0.1) is 11.3 Å². The van der Waals surface area contributed by atoms with Gasteiger partial charge in [-0.3, -0.25) is 9.69 Å². The monoisotopic (exact) mass is 537 g/mol. The van der Waals surface area contributed by atoms with Gasteiger partial charge in [-0.2, -0.15) is 13.2 Å². The second-order valence-corrected chi connectivity index (χ2v) is 9.76. The quantitative estimate of drug-likeness (QED) is 0.502. The van der Waals surface area contributed by atoms with Crippen LogP contribution < -0.4 is 10.6 Å². The highest BCUT2D eigenvalue weighted by Crippen LogP contribution is 2.41. The molecule has 10 nitrogen and oxygen atoms in total. The number of morpholine rings is 1. The van der Waals surface area contributed by atoms with Crippen LogP contribution in [0.2, 0.25) is 0 Å². The number of hydrogen-bond donors (Lipinski definition) is 2. The molecule has 2 fully saturated rings. The summed E-state index contributed by atoms with van der Waals surface area (Å²) in [6, 6.07) is 0.833. The number of thiophene rings is 1. The van der Waals surface area contributed by atoms with Gasteiger partial charge in [0.15, 0.2) is 0 Å². The number of aromatic nitrogens is 3. The standard InChI is InChI=1S/C23H26F3N7O3S/c24-23(25,26)16-9-17(27)28-10-15(16)20-21-19(29-22(30-20)33-5-7-36-8-6-33)14(13-37-21)11-31-1-3-32(4-2-31)18(35)12-34/h9-10,13,34H,1-8,11-12H2,(H2,27,28). The molecule has 14 heteroatoms. The van der Waals surface area contributed by atoms with Crippen LogP contribution in [-0.2, 0) is 22.3 Å². The van der Waals surface area contributed by atoms with Crippen LogP contribution in [0.4, 0.5) is 24.9 Å². The van der Waals surface area contributed by atoms with Gasteiger partial charge in [0, 0.05) is 63.1 Å². The number of nitrogens with zero attached hydrogens (tertiary/aromatic N) is 6. The topological polar surface area (TPSA) is 121 Å². The number of alkyl halides is 3. The van der Waals surface area contributed by atoms with Gasteiger partial charge in [0.1, 0.15) is 12.4 Å². The molecule has 3 aromatic rings. The Kier molecular flexibility index (Phi) is 7.16. The Balaban J connectivity index is 1.55. The summed E-state index contributed by atoms with van der Waals surface area (Å²) in [5.74, 6) is -0.181. The third kappa shape index (κ3) is 5.32. The lowest BCUT2D eigenvalue weighted by Gasteiger charge is -2.34. The number of pyridine rings is 1. The van der Waals surface area contributed by atoms with Crippen LogP contribution in [0.5, 0.6) is 0 Å². The minimum atomic E-state index is -4.64. The van der Waals surface area contributed by atoms with E-state index in [1.807, 2.05) is 10.3 Å². The van der Waals surface area contributed by atoms with Crippen LogP contribution in [0, 0.1) is 0 Å². The average molecular weight is 538 g/mol. The Morgan fingerprint density at radius 3 is 2.54 bits per heavy atom. The van der Waals surface area contributed by atoms with Gasteiger partial charge in [-0.25, -0.2) is 15.0 Å². The highest BCUT2D eigenvalue weighted by molar-refractivity contribution is 7.17. The molecule has 1 amide bonds. The first-order valence-corrected chi connectivity index (χ1v) is 12.7. The number of ether oxygens (including phenoxy) is 1. The molecule has 3 aromatic heterocycles. The molecule has 0 saturated carbocycles. The van der Waals surface area contributed by atoms with E-state index in [-0.39, 0.29) is 23.0 Å². The summed E-state index contributed by atoms with van der Waals surface area (Å²) in [6.45, 7) is 4.21. The highest BCUT2D eigenvalue weighted by Gasteiger charge is 2.36. The zero-order chi connectivity index (χ0) is 26.2. The molecule has 0 bridgehead atoms. The Hall–Kier alpha value is -3.07. The van der Waals surface area contributed by atoms with Crippen molar-refractivity contribution < 1.29 is 27.8 Å². The maximum Gasteiger partial charge on any atom is 0.417 e. The molecule has 37 heavy (non-hydrogen) atoms. The Morgan fingerprint density at radius 1 is 1.14 bits per heavy atom. The molecule has 0 aromatic carbocycles. The van der Waals surface area contributed by atoms with Crippen molar-refractivity contribution >= 4 is 39.2 Å². The van der Waals surface area contributed by atoms with Gasteiger partial charge >= 0.3 is 6.18 Å². The van der Waals surface area contributed by atoms with E-state index in [1.165, 1.54) is 11.3 Å². The lowest BCUT2D eigenvalue weighted by molar-refractivity contribution is -0.137. The van der Waals surface area contributed by atoms with E-state index in [0.29, 0.717) is 75.2 Å². The van der Waals surface area contributed by atoms with E-state index in [2.05, 4.69) is 14.9 Å². The van der Waals surface area contributed by atoms with Crippen molar-refractivity contribution in [2.75, 3.05) is 69.7 Å². The molecule has 0 radical (unpaired) electrons. The third-order valence-electron chi connectivity index (χ3n) is 6.51. The molecule has 2 aliphatic rings. The first-order chi connectivity index (χ1) is 17.7. The fourth-order valence-corrected chi connectivity index (χ4v) is 5.55. The largest absolute Gasteiger partial charge is 0.417 e. The van der Waals surface area contributed by atoms with Crippen molar-refractivity contribution in [3.63, 3.8) is 0 Å². The van der Waals surface area contributed by atoms with Crippen LogP contribution >= 0.6 is 11.3 Å². The number of amides is 1. The van der Waals surface area contributed by atoms with Gasteiger partial charge in [0.2, 0.25) is 11.9 Å². The number of anilines is 2. The number of piperazine rings is 1. The third-order valence-corrected chi connectivity index (χ3v) is 7.54. The van der Waals surface area contributed by atoms with E-state index in [9.17, 15) is 18.0 Å². The molecule has 0 spiro atoms. The number of halogens is 3. The zero-order valence-corrected chi connectivity index (χ0v) is 20.7. The molecule has 198 valence electrons. The van der Waals surface area contributed by atoms with Crippen molar-refractivity contribution in [3.8, 4) is 11.3 Å². The van der Waals surface area contributed by atoms with E-state index < -0.39 is 18.3 Å². The van der Waals surface area contributed by atoms with Gasteiger partial charge < -0.3 is 25.4 Å². The first kappa shape index (κ1) is 25.6. The average Bonchev–Trinajstić information content (AvgIpc) is 3.30. The van der Waals surface area contributed by atoms with Crippen molar-refractivity contribution in [3.05, 3.63) is 28.8 Å². The molecule has 5 heterocycles. The van der Waals surface area contributed by atoms with E-state index >= 15 is 0 Å². The summed E-state index contributed by atoms with van der Waals surface area (Å²) in [5, 5.41) is 11.0. The number of nitrogen functional groups attached to an aromatic ring is 1. The minimum absolute atomic E-state index is 0.145. The number of nitrogens with two attached hydrogens (primary N) is 1. The Morgan fingerprint density at radius 2 is 1.86 bits per heavy atom. The smallest absolute Gasteiger partial charge is 0.387 e. The van der Waals surface area contributed by atoms with Crippen molar-refractivity contribution in [2.45, 2.75) is 12.7 Å². The van der Waals surface area contributed by atoms with Gasteiger partial charge in [-0.05, 0) is 11.4 Å². The zero-order valence-electron chi connectivity index (χ0n) is 19.9. The first-order valence-electron chi connectivity index (χ1n) is 11.8. The molecule has 3 N–H and O–H groups in total. The minimum Gasteiger partial charge on any atom is -0.387 e. The molecule has 0 atom stereocenters.